The number of carbonyl (C=O) groups excluding carboxylic acids is 2. The predicted octanol–water partition coefficient (Wildman–Crippen LogP) is 23.8. The SMILES string of the molecule is CC/C=C\C/C=C\C/C=C\C/C=C\C/C=C\C/C=C\C/C=C\CCCCCCCCCCCCCCCCCCCC(=O)OC(COC(=O)CCCCCCCCCCCCCCCC/C=C\C/C=C\C/C=C\C/C=C\CC)COP(=O)([O-])OCC[N+](C)(C)C. The fraction of sp³-hybridized carbons (Fsp3) is 0.700. The van der Waals surface area contributed by atoms with Crippen LogP contribution in [0.3, 0.4) is 0 Å². The van der Waals surface area contributed by atoms with E-state index < -0.39 is 26.5 Å². The quantitative estimate of drug-likeness (QED) is 0.0195. The van der Waals surface area contributed by atoms with Crippen LogP contribution in [0.1, 0.15) is 309 Å². The number of likely N-dealkylation sites (N-methyl/N-ethyl adjacent to an activating group) is 1. The second-order valence-corrected chi connectivity index (χ2v) is 27.0. The van der Waals surface area contributed by atoms with E-state index in [0.29, 0.717) is 17.4 Å². The van der Waals surface area contributed by atoms with Crippen molar-refractivity contribution in [3.8, 4) is 0 Å². The number of nitrogens with zero attached hydrogens (tertiary/aromatic N) is 1. The molecule has 0 spiro atoms. The zero-order chi connectivity index (χ0) is 65.5. The number of hydrogen-bond donors (Lipinski definition) is 0. The first-order valence-corrected chi connectivity index (χ1v) is 38.4. The molecule has 0 fully saturated rings. The minimum Gasteiger partial charge on any atom is -0.756 e. The van der Waals surface area contributed by atoms with E-state index >= 15 is 0 Å². The third-order valence-electron chi connectivity index (χ3n) is 15.7. The van der Waals surface area contributed by atoms with E-state index in [1.807, 2.05) is 21.1 Å². The first kappa shape index (κ1) is 86.2. The van der Waals surface area contributed by atoms with Gasteiger partial charge in [0.2, 0.25) is 0 Å². The van der Waals surface area contributed by atoms with Crippen LogP contribution < -0.4 is 4.89 Å². The van der Waals surface area contributed by atoms with Crippen LogP contribution in [0.25, 0.3) is 0 Å². The van der Waals surface area contributed by atoms with Gasteiger partial charge in [-0.1, -0.05) is 321 Å². The number of phosphoric acid groups is 1. The number of phosphoric ester groups is 1. The number of carbonyl (C=O) groups is 2. The third kappa shape index (κ3) is 73.2. The lowest BCUT2D eigenvalue weighted by atomic mass is 10.0. The average Bonchev–Trinajstić information content (AvgIpc) is 3.58. The highest BCUT2D eigenvalue weighted by Crippen LogP contribution is 2.38. The van der Waals surface area contributed by atoms with Gasteiger partial charge in [0, 0.05) is 12.8 Å². The summed E-state index contributed by atoms with van der Waals surface area (Å²) in [5.41, 5.74) is 0. The second-order valence-electron chi connectivity index (χ2n) is 25.5. The van der Waals surface area contributed by atoms with E-state index in [-0.39, 0.29) is 32.0 Å². The van der Waals surface area contributed by atoms with Crippen molar-refractivity contribution >= 4 is 19.8 Å². The Morgan fingerprint density at radius 3 is 0.889 bits per heavy atom. The summed E-state index contributed by atoms with van der Waals surface area (Å²) in [6.07, 6.45) is 101. The van der Waals surface area contributed by atoms with Crippen LogP contribution in [0, 0.1) is 0 Å². The van der Waals surface area contributed by atoms with Crippen LogP contribution in [-0.4, -0.2) is 70.0 Å². The lowest BCUT2D eigenvalue weighted by molar-refractivity contribution is -0.870. The minimum absolute atomic E-state index is 0.0344. The van der Waals surface area contributed by atoms with Crippen molar-refractivity contribution in [2.75, 3.05) is 47.5 Å². The first-order valence-electron chi connectivity index (χ1n) is 36.9. The average molecular weight is 1270 g/mol. The van der Waals surface area contributed by atoms with Crippen molar-refractivity contribution in [1.29, 1.82) is 0 Å². The van der Waals surface area contributed by atoms with Gasteiger partial charge in [-0.15, -0.1) is 0 Å². The monoisotopic (exact) mass is 1270 g/mol. The first-order chi connectivity index (χ1) is 44.0. The van der Waals surface area contributed by atoms with Gasteiger partial charge in [0.1, 0.15) is 19.8 Å². The molecule has 0 N–H and O–H groups in total. The summed E-state index contributed by atoms with van der Waals surface area (Å²) < 4.78 is 34.4. The van der Waals surface area contributed by atoms with E-state index in [4.69, 9.17) is 18.5 Å². The van der Waals surface area contributed by atoms with Gasteiger partial charge in [-0.25, -0.2) is 0 Å². The molecule has 0 saturated heterocycles. The molecule has 0 aliphatic rings. The van der Waals surface area contributed by atoms with Crippen LogP contribution in [0.15, 0.2) is 134 Å². The maximum atomic E-state index is 12.9. The zero-order valence-electron chi connectivity index (χ0n) is 58.8. The number of allylic oxidation sites excluding steroid dienone is 22. The Morgan fingerprint density at radius 2 is 0.600 bits per heavy atom. The van der Waals surface area contributed by atoms with E-state index in [1.54, 1.807) is 0 Å². The second kappa shape index (κ2) is 69.5. The number of rotatable bonds is 67. The molecular weight excluding hydrogens is 1130 g/mol. The number of unbranched alkanes of at least 4 members (excludes halogenated alkanes) is 31. The largest absolute Gasteiger partial charge is 0.756 e. The lowest BCUT2D eigenvalue weighted by Gasteiger charge is -2.28. The summed E-state index contributed by atoms with van der Waals surface area (Å²) in [5, 5.41) is 0. The van der Waals surface area contributed by atoms with Gasteiger partial charge in [-0.3, -0.25) is 14.2 Å². The van der Waals surface area contributed by atoms with Crippen molar-refractivity contribution < 1.29 is 42.1 Å². The molecule has 0 aliphatic heterocycles. The summed E-state index contributed by atoms with van der Waals surface area (Å²) >= 11 is 0. The van der Waals surface area contributed by atoms with Crippen LogP contribution in [0.2, 0.25) is 0 Å². The Balaban J connectivity index is 4.01. The normalized spacial score (nSPS) is 13.9. The smallest absolute Gasteiger partial charge is 0.306 e. The number of hydrogen-bond acceptors (Lipinski definition) is 8. The van der Waals surface area contributed by atoms with Crippen molar-refractivity contribution in [1.82, 2.24) is 0 Å². The molecule has 90 heavy (non-hydrogen) atoms. The molecular formula is C80H138NO8P. The van der Waals surface area contributed by atoms with Crippen molar-refractivity contribution in [3.63, 3.8) is 0 Å². The molecule has 0 bridgehead atoms. The highest BCUT2D eigenvalue weighted by molar-refractivity contribution is 7.45. The van der Waals surface area contributed by atoms with Gasteiger partial charge >= 0.3 is 11.9 Å². The molecule has 516 valence electrons. The molecule has 0 saturated carbocycles. The van der Waals surface area contributed by atoms with Gasteiger partial charge in [0.05, 0.1) is 27.7 Å². The fourth-order valence-corrected chi connectivity index (χ4v) is 10.8. The van der Waals surface area contributed by atoms with E-state index in [2.05, 4.69) is 148 Å². The van der Waals surface area contributed by atoms with Crippen LogP contribution >= 0.6 is 7.82 Å². The van der Waals surface area contributed by atoms with Crippen LogP contribution in [-0.2, 0) is 32.7 Å². The van der Waals surface area contributed by atoms with Crippen molar-refractivity contribution in [2.45, 2.75) is 315 Å². The van der Waals surface area contributed by atoms with Gasteiger partial charge < -0.3 is 27.9 Å². The lowest BCUT2D eigenvalue weighted by Crippen LogP contribution is -2.37. The molecule has 2 atom stereocenters. The Hall–Kier alpha value is -3.85. The number of ether oxygens (including phenoxy) is 2. The van der Waals surface area contributed by atoms with Crippen LogP contribution in [0.4, 0.5) is 0 Å². The van der Waals surface area contributed by atoms with Gasteiger partial charge in [-0.2, -0.15) is 0 Å². The summed E-state index contributed by atoms with van der Waals surface area (Å²) in [5.74, 6) is -0.828. The maximum Gasteiger partial charge on any atom is 0.306 e. The summed E-state index contributed by atoms with van der Waals surface area (Å²) in [6.45, 7) is 4.04. The highest BCUT2D eigenvalue weighted by atomic mass is 31.2. The Labute approximate surface area is 555 Å². The van der Waals surface area contributed by atoms with Gasteiger partial charge in [0.25, 0.3) is 7.82 Å². The molecule has 0 aromatic rings. The third-order valence-corrected chi connectivity index (χ3v) is 16.6. The van der Waals surface area contributed by atoms with Crippen LogP contribution in [0.5, 0.6) is 0 Å². The van der Waals surface area contributed by atoms with E-state index in [0.717, 1.165) is 109 Å². The molecule has 0 radical (unpaired) electrons. The van der Waals surface area contributed by atoms with Gasteiger partial charge in [0.15, 0.2) is 6.10 Å². The van der Waals surface area contributed by atoms with E-state index in [1.165, 1.54) is 167 Å². The predicted molar refractivity (Wildman–Crippen MR) is 388 cm³/mol. The number of esters is 2. The maximum absolute atomic E-state index is 12.9. The van der Waals surface area contributed by atoms with E-state index in [9.17, 15) is 19.0 Å². The molecule has 2 unspecified atom stereocenters. The Bertz CT molecular complexity index is 1980. The van der Waals surface area contributed by atoms with Gasteiger partial charge in [-0.05, 0) is 109 Å². The summed E-state index contributed by atoms with van der Waals surface area (Å²) in [6, 6.07) is 0. The molecule has 0 amide bonds. The van der Waals surface area contributed by atoms with Crippen molar-refractivity contribution in [2.24, 2.45) is 0 Å². The standard InChI is InChI=1S/C80H138NO8P/c1-6-8-10-12-14-16-18-20-22-24-26-28-30-32-34-35-36-37-38-39-40-41-42-43-44-45-47-49-51-53-55-57-59-61-63-65-67-69-71-73-80(83)89-78(77-88-90(84,85)87-75-74-81(3,4)5)76-86-79(82)72-70-68-66-64-62-60-58-56-54-52-50-48-46-33-31-29-27-25-23-21-19-17-15-13-11-9-7-2/h8-11,14-17,20-23,26-29,32,34,36-37,39-40,78H,6-7,12-13,18-19,24-25,30-31,33,35,38,41-77H2,1-5H3/b10-8-,11-9-,16-14-,17-15-,22-20-,23-21-,28-26-,29-27-,34-32-,37-36-,40-39-. The summed E-state index contributed by atoms with van der Waals surface area (Å²) in [7, 11) is 1.16. The topological polar surface area (TPSA) is 111 Å². The molecule has 0 aliphatic carbocycles. The Kier molecular flexibility index (Phi) is 66.5. The molecule has 9 nitrogen and oxygen atoms in total. The molecule has 0 heterocycles. The molecule has 0 aromatic heterocycles. The molecule has 0 rings (SSSR count). The zero-order valence-corrected chi connectivity index (χ0v) is 59.7. The summed E-state index contributed by atoms with van der Waals surface area (Å²) in [4.78, 5) is 38.1. The van der Waals surface area contributed by atoms with Crippen molar-refractivity contribution in [3.05, 3.63) is 134 Å². The Morgan fingerprint density at radius 1 is 0.344 bits per heavy atom. The highest BCUT2D eigenvalue weighted by Gasteiger charge is 2.22. The molecule has 0 aromatic carbocycles. The number of quaternary nitrogens is 1. The minimum atomic E-state index is -4.65. The fourth-order valence-electron chi connectivity index (χ4n) is 10.1. The molecule has 10 heteroatoms.